The number of benzene rings is 9. The lowest BCUT2D eigenvalue weighted by molar-refractivity contribution is 0.702. The van der Waals surface area contributed by atoms with Crippen molar-refractivity contribution in [3.8, 4) is 33.4 Å². The Morgan fingerprint density at radius 1 is 0.305 bits per heavy atom. The van der Waals surface area contributed by atoms with E-state index in [0.29, 0.717) is 0 Å². The zero-order valence-electron chi connectivity index (χ0n) is 32.6. The molecule has 0 bridgehead atoms. The topological polar surface area (TPSA) is 6.48 Å². The van der Waals surface area contributed by atoms with Gasteiger partial charge in [-0.2, -0.15) is 0 Å². The van der Waals surface area contributed by atoms with Crippen LogP contribution in [-0.4, -0.2) is 0 Å². The molecule has 9 aromatic rings. The summed E-state index contributed by atoms with van der Waals surface area (Å²) in [5.74, 6) is 0. The highest BCUT2D eigenvalue weighted by molar-refractivity contribution is 6.01. The molecule has 9 aromatic carbocycles. The van der Waals surface area contributed by atoms with Crippen molar-refractivity contribution in [2.24, 2.45) is 0 Å². The van der Waals surface area contributed by atoms with Gasteiger partial charge in [-0.1, -0.05) is 164 Å². The summed E-state index contributed by atoms with van der Waals surface area (Å²) in [6.45, 7) is 2.43. The van der Waals surface area contributed by atoms with Gasteiger partial charge in [-0.25, -0.2) is 0 Å². The Labute approximate surface area is 344 Å². The molecule has 0 saturated heterocycles. The summed E-state index contributed by atoms with van der Waals surface area (Å²) in [5.41, 5.74) is 23.5. The number of para-hydroxylation sites is 5. The van der Waals surface area contributed by atoms with Crippen LogP contribution in [0.3, 0.4) is 0 Å². The van der Waals surface area contributed by atoms with Crippen molar-refractivity contribution in [1.82, 2.24) is 0 Å². The summed E-state index contributed by atoms with van der Waals surface area (Å²) in [6.07, 6.45) is 0. The molecular formula is C57H38N2. The SMILES string of the molecule is CC12c3ccccc3-c3cccc(c31)N(c1ccccc1-c1ccc3c(c1)-c1ccccc1C31c3ccccc3N(c3ccccc3)c3ccccc31)c1ccccc12. The molecule has 2 aliphatic heterocycles. The molecule has 0 fully saturated rings. The molecule has 0 N–H and O–H groups in total. The Morgan fingerprint density at radius 3 is 1.47 bits per heavy atom. The Balaban J connectivity index is 1.04. The molecule has 4 aliphatic rings. The van der Waals surface area contributed by atoms with Gasteiger partial charge in [0.1, 0.15) is 0 Å². The van der Waals surface area contributed by atoms with Crippen LogP contribution in [0.5, 0.6) is 0 Å². The lowest BCUT2D eigenvalue weighted by Crippen LogP contribution is -2.36. The molecule has 59 heavy (non-hydrogen) atoms. The summed E-state index contributed by atoms with van der Waals surface area (Å²) < 4.78 is 0. The van der Waals surface area contributed by atoms with Crippen molar-refractivity contribution in [1.29, 1.82) is 0 Å². The van der Waals surface area contributed by atoms with E-state index in [9.17, 15) is 0 Å². The molecule has 0 saturated carbocycles. The van der Waals surface area contributed by atoms with Crippen molar-refractivity contribution in [2.45, 2.75) is 17.8 Å². The van der Waals surface area contributed by atoms with Gasteiger partial charge in [0.25, 0.3) is 0 Å². The minimum Gasteiger partial charge on any atom is -0.310 e. The number of nitrogens with zero attached hydrogens (tertiary/aromatic N) is 2. The second-order valence-electron chi connectivity index (χ2n) is 16.5. The van der Waals surface area contributed by atoms with Crippen molar-refractivity contribution in [3.63, 3.8) is 0 Å². The van der Waals surface area contributed by atoms with Gasteiger partial charge in [-0.3, -0.25) is 0 Å². The first-order valence-corrected chi connectivity index (χ1v) is 20.7. The summed E-state index contributed by atoms with van der Waals surface area (Å²) in [4.78, 5) is 4.98. The number of fused-ring (bicyclic) bond motifs is 14. The second kappa shape index (κ2) is 11.8. The highest BCUT2D eigenvalue weighted by Crippen LogP contribution is 2.65. The van der Waals surface area contributed by atoms with Crippen LogP contribution in [-0.2, 0) is 10.8 Å². The summed E-state index contributed by atoms with van der Waals surface area (Å²) in [6, 6.07) is 79.2. The van der Waals surface area contributed by atoms with Crippen LogP contribution in [0, 0.1) is 0 Å². The van der Waals surface area contributed by atoms with Gasteiger partial charge >= 0.3 is 0 Å². The molecular weight excluding hydrogens is 713 g/mol. The predicted molar refractivity (Wildman–Crippen MR) is 243 cm³/mol. The van der Waals surface area contributed by atoms with Crippen molar-refractivity contribution in [2.75, 3.05) is 9.80 Å². The quantitative estimate of drug-likeness (QED) is 0.177. The Hall–Kier alpha value is -7.42. The van der Waals surface area contributed by atoms with Gasteiger partial charge in [0.05, 0.1) is 33.9 Å². The number of hydrogen-bond acceptors (Lipinski definition) is 2. The van der Waals surface area contributed by atoms with Crippen LogP contribution in [0.15, 0.2) is 212 Å². The van der Waals surface area contributed by atoms with Gasteiger partial charge in [0, 0.05) is 16.7 Å². The number of anilines is 6. The fourth-order valence-electron chi connectivity index (χ4n) is 11.6. The molecule has 2 heterocycles. The zero-order valence-corrected chi connectivity index (χ0v) is 32.6. The van der Waals surface area contributed by atoms with E-state index in [-0.39, 0.29) is 5.41 Å². The molecule has 13 rings (SSSR count). The van der Waals surface area contributed by atoms with Gasteiger partial charge in [-0.05, 0) is 122 Å². The van der Waals surface area contributed by atoms with Crippen molar-refractivity contribution in [3.05, 3.63) is 251 Å². The molecule has 1 unspecified atom stereocenters. The molecule has 2 heteroatoms. The van der Waals surface area contributed by atoms with Crippen LogP contribution in [0.4, 0.5) is 34.1 Å². The Morgan fingerprint density at radius 2 is 0.780 bits per heavy atom. The van der Waals surface area contributed by atoms with Gasteiger partial charge < -0.3 is 9.80 Å². The molecule has 1 atom stereocenters. The van der Waals surface area contributed by atoms with Gasteiger partial charge in [-0.15, -0.1) is 0 Å². The molecule has 0 radical (unpaired) electrons. The van der Waals surface area contributed by atoms with E-state index in [0.717, 1.165) is 5.69 Å². The van der Waals surface area contributed by atoms with Gasteiger partial charge in [0.2, 0.25) is 0 Å². The minimum atomic E-state index is -0.488. The number of hydrogen-bond donors (Lipinski definition) is 0. The van der Waals surface area contributed by atoms with Crippen LogP contribution in [0.25, 0.3) is 33.4 Å². The zero-order chi connectivity index (χ0) is 38.9. The fraction of sp³-hybridized carbons (Fsp3) is 0.0526. The van der Waals surface area contributed by atoms with E-state index in [1.165, 1.54) is 101 Å². The third-order valence-electron chi connectivity index (χ3n) is 13.8. The maximum absolute atomic E-state index is 2.53. The smallest absolute Gasteiger partial charge is 0.0754 e. The standard InChI is InChI=1S/C57H38N2/c1-56-44-24-8-5-21-40(44)42-23-17-33-54(55(42)56)59(51-30-14-10-26-47(51)56)50-29-13-7-20-39(50)37-34-35-46-43(36-37)41-22-6-9-25-45(41)57(46)48-27-11-15-31-52(48)58(38-18-3-2-4-19-38)53-32-16-12-28-49(53)57/h2-36H,1H3. The first kappa shape index (κ1) is 32.6. The van der Waals surface area contributed by atoms with Crippen LogP contribution < -0.4 is 9.80 Å². The monoisotopic (exact) mass is 750 g/mol. The lowest BCUT2D eigenvalue weighted by atomic mass is 9.64. The van der Waals surface area contributed by atoms with E-state index in [2.05, 4.69) is 229 Å². The number of rotatable bonds is 3. The maximum Gasteiger partial charge on any atom is 0.0754 e. The third-order valence-corrected chi connectivity index (χ3v) is 13.8. The van der Waals surface area contributed by atoms with Crippen molar-refractivity contribution >= 4 is 34.1 Å². The summed E-state index contributed by atoms with van der Waals surface area (Å²) in [5, 5.41) is 0. The van der Waals surface area contributed by atoms with E-state index in [4.69, 9.17) is 0 Å². The van der Waals surface area contributed by atoms with Crippen LogP contribution in [0.1, 0.15) is 45.9 Å². The largest absolute Gasteiger partial charge is 0.310 e. The second-order valence-corrected chi connectivity index (χ2v) is 16.5. The van der Waals surface area contributed by atoms with E-state index < -0.39 is 5.41 Å². The van der Waals surface area contributed by atoms with E-state index in [1.807, 2.05) is 0 Å². The van der Waals surface area contributed by atoms with E-state index >= 15 is 0 Å². The minimum absolute atomic E-state index is 0.251. The molecule has 0 amide bonds. The molecule has 0 aromatic heterocycles. The first-order valence-electron chi connectivity index (χ1n) is 20.7. The first-order chi connectivity index (χ1) is 29.2. The van der Waals surface area contributed by atoms with Crippen LogP contribution >= 0.6 is 0 Å². The molecule has 2 nitrogen and oxygen atoms in total. The van der Waals surface area contributed by atoms with Gasteiger partial charge in [0.15, 0.2) is 0 Å². The molecule has 276 valence electrons. The molecule has 2 aliphatic carbocycles. The normalized spacial score (nSPS) is 16.7. The summed E-state index contributed by atoms with van der Waals surface area (Å²) >= 11 is 0. The average molecular weight is 751 g/mol. The van der Waals surface area contributed by atoms with E-state index in [1.54, 1.807) is 0 Å². The molecule has 1 spiro atoms. The highest BCUT2D eigenvalue weighted by Gasteiger charge is 2.52. The van der Waals surface area contributed by atoms with Crippen LogP contribution in [0.2, 0.25) is 0 Å². The Bertz CT molecular complexity index is 3170. The predicted octanol–water partition coefficient (Wildman–Crippen LogP) is 14.6. The lowest BCUT2D eigenvalue weighted by Gasteiger charge is -2.45. The highest BCUT2D eigenvalue weighted by atomic mass is 15.2. The third kappa shape index (κ3) is 4.05. The average Bonchev–Trinajstić information content (AvgIpc) is 3.75. The maximum atomic E-state index is 2.53. The fourth-order valence-corrected chi connectivity index (χ4v) is 11.6. The summed E-state index contributed by atoms with van der Waals surface area (Å²) in [7, 11) is 0. The van der Waals surface area contributed by atoms with Crippen molar-refractivity contribution < 1.29 is 0 Å². The Kier molecular flexibility index (Phi) is 6.54.